The molecular formula is C18H14F3N5O3. The minimum absolute atomic E-state index is 0.0409. The maximum absolute atomic E-state index is 13.1. The molecule has 2 aromatic heterocycles. The molecule has 1 aromatic carbocycles. The van der Waals surface area contributed by atoms with Gasteiger partial charge in [0.1, 0.15) is 0 Å². The van der Waals surface area contributed by atoms with Crippen LogP contribution in [0, 0.1) is 0 Å². The van der Waals surface area contributed by atoms with Gasteiger partial charge in [-0.3, -0.25) is 14.3 Å². The van der Waals surface area contributed by atoms with E-state index in [1.165, 1.54) is 40.2 Å². The fourth-order valence-corrected chi connectivity index (χ4v) is 3.12. The van der Waals surface area contributed by atoms with Crippen LogP contribution < -0.4 is 10.2 Å². The Bertz CT molecular complexity index is 1060. The van der Waals surface area contributed by atoms with Gasteiger partial charge in [0.25, 0.3) is 11.8 Å². The summed E-state index contributed by atoms with van der Waals surface area (Å²) in [5.41, 5.74) is -0.199. The summed E-state index contributed by atoms with van der Waals surface area (Å²) in [6, 6.07) is 5.43. The third-order valence-electron chi connectivity index (χ3n) is 4.52. The lowest BCUT2D eigenvalue weighted by atomic mass is 10.1. The molecule has 8 nitrogen and oxygen atoms in total. The number of nitrogens with zero attached hydrogens (tertiary/aromatic N) is 4. The molecule has 0 spiro atoms. The first-order chi connectivity index (χ1) is 13.8. The van der Waals surface area contributed by atoms with Gasteiger partial charge in [-0.15, -0.1) is 0 Å². The number of amides is 2. The van der Waals surface area contributed by atoms with Gasteiger partial charge in [-0.25, -0.2) is 0 Å². The summed E-state index contributed by atoms with van der Waals surface area (Å²) in [5, 5.41) is 10.2. The third kappa shape index (κ3) is 3.35. The largest absolute Gasteiger partial charge is 0.416 e. The van der Waals surface area contributed by atoms with Crippen molar-refractivity contribution in [3.05, 3.63) is 59.7 Å². The third-order valence-corrected chi connectivity index (χ3v) is 4.52. The number of hydrogen-bond acceptors (Lipinski definition) is 5. The maximum Gasteiger partial charge on any atom is 0.416 e. The van der Waals surface area contributed by atoms with E-state index in [4.69, 9.17) is 4.52 Å². The number of halogens is 3. The average molecular weight is 405 g/mol. The molecule has 1 aliphatic heterocycles. The van der Waals surface area contributed by atoms with Crippen LogP contribution >= 0.6 is 0 Å². The van der Waals surface area contributed by atoms with E-state index in [0.717, 1.165) is 12.1 Å². The van der Waals surface area contributed by atoms with Crippen molar-refractivity contribution in [3.8, 4) is 0 Å². The summed E-state index contributed by atoms with van der Waals surface area (Å²) >= 11 is 0. The van der Waals surface area contributed by atoms with Gasteiger partial charge in [0.15, 0.2) is 5.69 Å². The Morgan fingerprint density at radius 1 is 1.24 bits per heavy atom. The predicted molar refractivity (Wildman–Crippen MR) is 94.5 cm³/mol. The second-order valence-corrected chi connectivity index (χ2v) is 6.49. The Morgan fingerprint density at radius 3 is 2.59 bits per heavy atom. The van der Waals surface area contributed by atoms with E-state index in [1.54, 1.807) is 0 Å². The Labute approximate surface area is 161 Å². The number of alkyl halides is 3. The molecule has 1 atom stereocenters. The molecule has 0 fully saturated rings. The Kier molecular flexibility index (Phi) is 4.36. The fourth-order valence-electron chi connectivity index (χ4n) is 3.12. The number of anilines is 2. The predicted octanol–water partition coefficient (Wildman–Crippen LogP) is 3.36. The Morgan fingerprint density at radius 2 is 1.97 bits per heavy atom. The van der Waals surface area contributed by atoms with Crippen molar-refractivity contribution in [2.75, 3.05) is 16.8 Å². The molecule has 29 heavy (non-hydrogen) atoms. The second-order valence-electron chi connectivity index (χ2n) is 6.49. The van der Waals surface area contributed by atoms with E-state index >= 15 is 0 Å². The summed E-state index contributed by atoms with van der Waals surface area (Å²) < 4.78 is 44.7. The lowest BCUT2D eigenvalue weighted by Gasteiger charge is -2.32. The van der Waals surface area contributed by atoms with Crippen molar-refractivity contribution in [3.63, 3.8) is 0 Å². The minimum atomic E-state index is -4.46. The van der Waals surface area contributed by atoms with E-state index in [0.29, 0.717) is 5.69 Å². The summed E-state index contributed by atoms with van der Waals surface area (Å²) in [6.45, 7) is 2.02. The van der Waals surface area contributed by atoms with Crippen LogP contribution in [0.15, 0.2) is 47.2 Å². The van der Waals surface area contributed by atoms with Crippen LogP contribution in [-0.4, -0.2) is 33.3 Å². The average Bonchev–Trinajstić information content (AvgIpc) is 3.34. The number of carbonyl (C=O) groups is 2. The van der Waals surface area contributed by atoms with Crippen molar-refractivity contribution >= 4 is 23.2 Å². The zero-order valence-corrected chi connectivity index (χ0v) is 15.0. The molecular weight excluding hydrogens is 391 g/mol. The first-order valence-corrected chi connectivity index (χ1v) is 8.54. The van der Waals surface area contributed by atoms with Crippen LogP contribution in [0.2, 0.25) is 0 Å². The van der Waals surface area contributed by atoms with Crippen LogP contribution in [0.3, 0.4) is 0 Å². The number of aromatic nitrogens is 3. The number of nitrogens with one attached hydrogen (secondary N) is 1. The standard InChI is InChI=1S/C18H14F3N5O3/c1-10-9-25(12-4-2-11(3-5-12)18(19,20)21)17(28)15-13(8-22-26(10)15)24-16(27)14-6-7-23-29-14/h2-8,10H,9H2,1H3,(H,24,27)/t10-/m0/s1. The zero-order valence-electron chi connectivity index (χ0n) is 15.0. The fraction of sp³-hybridized carbons (Fsp3) is 0.222. The lowest BCUT2D eigenvalue weighted by Crippen LogP contribution is -2.43. The van der Waals surface area contributed by atoms with E-state index < -0.39 is 23.6 Å². The van der Waals surface area contributed by atoms with Crippen molar-refractivity contribution in [2.45, 2.75) is 19.1 Å². The quantitative estimate of drug-likeness (QED) is 0.721. The SMILES string of the molecule is C[C@H]1CN(c2ccc(C(F)(F)F)cc2)C(=O)c2c(NC(=O)c3ccno3)cnn21. The van der Waals surface area contributed by atoms with Gasteiger partial charge < -0.3 is 14.7 Å². The zero-order chi connectivity index (χ0) is 20.8. The number of benzene rings is 1. The Hall–Kier alpha value is -3.63. The van der Waals surface area contributed by atoms with Crippen molar-refractivity contribution in [1.29, 1.82) is 0 Å². The normalized spacial score (nSPS) is 16.6. The number of hydrogen-bond donors (Lipinski definition) is 1. The number of fused-ring (bicyclic) bond motifs is 1. The minimum Gasteiger partial charge on any atom is -0.351 e. The van der Waals surface area contributed by atoms with Gasteiger partial charge in [-0.05, 0) is 31.2 Å². The smallest absolute Gasteiger partial charge is 0.351 e. The lowest BCUT2D eigenvalue weighted by molar-refractivity contribution is -0.137. The van der Waals surface area contributed by atoms with E-state index in [2.05, 4.69) is 15.6 Å². The summed E-state index contributed by atoms with van der Waals surface area (Å²) in [7, 11) is 0. The molecule has 0 radical (unpaired) electrons. The second kappa shape index (κ2) is 6.76. The first-order valence-electron chi connectivity index (χ1n) is 8.54. The molecule has 3 aromatic rings. The molecule has 11 heteroatoms. The highest BCUT2D eigenvalue weighted by atomic mass is 19.4. The highest BCUT2D eigenvalue weighted by Crippen LogP contribution is 2.33. The van der Waals surface area contributed by atoms with Crippen LogP contribution in [-0.2, 0) is 6.18 Å². The van der Waals surface area contributed by atoms with Gasteiger partial charge in [0.2, 0.25) is 5.76 Å². The molecule has 1 N–H and O–H groups in total. The first kappa shape index (κ1) is 18.7. The molecule has 4 rings (SSSR count). The Balaban J connectivity index is 1.64. The topological polar surface area (TPSA) is 93.3 Å². The molecule has 0 saturated heterocycles. The van der Waals surface area contributed by atoms with Gasteiger partial charge in [-0.2, -0.15) is 18.3 Å². The van der Waals surface area contributed by atoms with Crippen LogP contribution in [0.1, 0.15) is 39.6 Å². The number of carbonyl (C=O) groups excluding carboxylic acids is 2. The van der Waals surface area contributed by atoms with E-state index in [9.17, 15) is 22.8 Å². The van der Waals surface area contributed by atoms with Gasteiger partial charge in [0, 0.05) is 18.3 Å². The van der Waals surface area contributed by atoms with Crippen molar-refractivity contribution in [2.24, 2.45) is 0 Å². The van der Waals surface area contributed by atoms with Crippen molar-refractivity contribution < 1.29 is 27.3 Å². The molecule has 3 heterocycles. The monoisotopic (exact) mass is 405 g/mol. The summed E-state index contributed by atoms with van der Waals surface area (Å²) in [4.78, 5) is 26.6. The summed E-state index contributed by atoms with van der Waals surface area (Å²) in [6.07, 6.45) is -1.81. The van der Waals surface area contributed by atoms with E-state index in [1.807, 2.05) is 6.92 Å². The van der Waals surface area contributed by atoms with Gasteiger partial charge in [0.05, 0.1) is 29.7 Å². The maximum atomic E-state index is 13.1. The molecule has 0 aliphatic carbocycles. The summed E-state index contributed by atoms with van der Waals surface area (Å²) in [5.74, 6) is -1.14. The van der Waals surface area contributed by atoms with Crippen molar-refractivity contribution in [1.82, 2.24) is 14.9 Å². The van der Waals surface area contributed by atoms with Gasteiger partial charge in [-0.1, -0.05) is 5.16 Å². The van der Waals surface area contributed by atoms with Crippen LogP contribution in [0.4, 0.5) is 24.5 Å². The molecule has 0 unspecified atom stereocenters. The van der Waals surface area contributed by atoms with Crippen LogP contribution in [0.5, 0.6) is 0 Å². The van der Waals surface area contributed by atoms with Gasteiger partial charge >= 0.3 is 6.18 Å². The molecule has 0 bridgehead atoms. The molecule has 1 aliphatic rings. The molecule has 150 valence electrons. The highest BCUT2D eigenvalue weighted by molar-refractivity contribution is 6.12. The number of rotatable bonds is 3. The molecule has 2 amide bonds. The van der Waals surface area contributed by atoms with E-state index in [-0.39, 0.29) is 29.7 Å². The highest BCUT2D eigenvalue weighted by Gasteiger charge is 2.35. The van der Waals surface area contributed by atoms with Crippen LogP contribution in [0.25, 0.3) is 0 Å². The molecule has 0 saturated carbocycles.